The van der Waals surface area contributed by atoms with E-state index in [-0.39, 0.29) is 0 Å². The van der Waals surface area contributed by atoms with Crippen LogP contribution in [0.15, 0.2) is 77.7 Å². The van der Waals surface area contributed by atoms with Crippen LogP contribution in [-0.4, -0.2) is 18.5 Å². The highest BCUT2D eigenvalue weighted by Crippen LogP contribution is 2.27. The average molecular weight is 442 g/mol. The van der Waals surface area contributed by atoms with E-state index < -0.39 is 18.5 Å². The number of ether oxygens (including phenoxy) is 1. The molecule has 0 fully saturated rings. The first-order valence-electron chi connectivity index (χ1n) is 9.73. The monoisotopic (exact) mass is 441 g/mol. The number of hydrogen-bond acceptors (Lipinski definition) is 6. The van der Waals surface area contributed by atoms with E-state index in [0.29, 0.717) is 29.0 Å². The SMILES string of the molecule is N#CCc1ccc(NC(=O)COC(=O)c2ccccc2SCc2ccc(C#N)cc2)cc1. The number of hydrogen-bond donors (Lipinski definition) is 1. The number of esters is 1. The smallest absolute Gasteiger partial charge is 0.339 e. The Labute approximate surface area is 190 Å². The summed E-state index contributed by atoms with van der Waals surface area (Å²) in [6, 6.07) is 25.4. The van der Waals surface area contributed by atoms with Crippen molar-refractivity contribution < 1.29 is 14.3 Å². The molecule has 0 aromatic heterocycles. The van der Waals surface area contributed by atoms with E-state index in [0.717, 1.165) is 16.0 Å². The van der Waals surface area contributed by atoms with Crippen LogP contribution in [0.5, 0.6) is 0 Å². The number of carbonyl (C=O) groups is 2. The lowest BCUT2D eigenvalue weighted by Crippen LogP contribution is -2.21. The Morgan fingerprint density at radius 1 is 0.906 bits per heavy atom. The zero-order valence-electron chi connectivity index (χ0n) is 17.1. The maximum absolute atomic E-state index is 12.6. The summed E-state index contributed by atoms with van der Waals surface area (Å²) in [6.45, 7) is -0.409. The fourth-order valence-electron chi connectivity index (χ4n) is 2.80. The molecule has 0 bridgehead atoms. The average Bonchev–Trinajstić information content (AvgIpc) is 2.83. The molecule has 3 rings (SSSR count). The van der Waals surface area contributed by atoms with Crippen molar-refractivity contribution in [2.24, 2.45) is 0 Å². The maximum Gasteiger partial charge on any atom is 0.339 e. The van der Waals surface area contributed by atoms with E-state index in [4.69, 9.17) is 15.3 Å². The van der Waals surface area contributed by atoms with Gasteiger partial charge in [-0.2, -0.15) is 10.5 Å². The van der Waals surface area contributed by atoms with Crippen molar-refractivity contribution >= 4 is 29.3 Å². The zero-order valence-corrected chi connectivity index (χ0v) is 17.9. The van der Waals surface area contributed by atoms with Crippen LogP contribution >= 0.6 is 11.8 Å². The number of amides is 1. The van der Waals surface area contributed by atoms with Crippen molar-refractivity contribution in [3.05, 3.63) is 95.1 Å². The van der Waals surface area contributed by atoms with Crippen molar-refractivity contribution in [1.82, 2.24) is 0 Å². The topological polar surface area (TPSA) is 103 Å². The Bertz CT molecular complexity index is 1180. The van der Waals surface area contributed by atoms with Crippen molar-refractivity contribution in [2.45, 2.75) is 17.1 Å². The van der Waals surface area contributed by atoms with Gasteiger partial charge in [0, 0.05) is 16.3 Å². The number of benzene rings is 3. The molecule has 0 aliphatic rings. The van der Waals surface area contributed by atoms with Crippen molar-refractivity contribution in [1.29, 1.82) is 10.5 Å². The molecule has 0 saturated heterocycles. The minimum absolute atomic E-state index is 0.300. The zero-order chi connectivity index (χ0) is 22.8. The van der Waals surface area contributed by atoms with Gasteiger partial charge in [-0.25, -0.2) is 4.79 Å². The van der Waals surface area contributed by atoms with Crippen LogP contribution in [-0.2, 0) is 21.7 Å². The molecular formula is C25H19N3O3S. The van der Waals surface area contributed by atoms with Gasteiger partial charge in [-0.1, -0.05) is 36.4 Å². The molecule has 0 heterocycles. The van der Waals surface area contributed by atoms with Crippen LogP contribution in [0.25, 0.3) is 0 Å². The lowest BCUT2D eigenvalue weighted by Gasteiger charge is -2.10. The van der Waals surface area contributed by atoms with Gasteiger partial charge in [-0.15, -0.1) is 11.8 Å². The van der Waals surface area contributed by atoms with Gasteiger partial charge in [0.1, 0.15) is 0 Å². The lowest BCUT2D eigenvalue weighted by molar-refractivity contribution is -0.119. The molecule has 3 aromatic carbocycles. The number of nitrogens with zero attached hydrogens (tertiary/aromatic N) is 2. The minimum Gasteiger partial charge on any atom is -0.452 e. The molecule has 7 heteroatoms. The molecule has 0 radical (unpaired) electrons. The molecule has 0 spiro atoms. The van der Waals surface area contributed by atoms with Crippen molar-refractivity contribution in [2.75, 3.05) is 11.9 Å². The summed E-state index contributed by atoms with van der Waals surface area (Å²) in [7, 11) is 0. The van der Waals surface area contributed by atoms with E-state index in [1.54, 1.807) is 48.5 Å². The quantitative estimate of drug-likeness (QED) is 0.401. The van der Waals surface area contributed by atoms with Crippen molar-refractivity contribution in [3.63, 3.8) is 0 Å². The van der Waals surface area contributed by atoms with Gasteiger partial charge < -0.3 is 10.1 Å². The van der Waals surface area contributed by atoms with E-state index in [2.05, 4.69) is 17.5 Å². The second kappa shape index (κ2) is 11.4. The molecule has 0 aliphatic heterocycles. The van der Waals surface area contributed by atoms with Gasteiger partial charge in [0.05, 0.1) is 29.7 Å². The highest BCUT2D eigenvalue weighted by atomic mass is 32.2. The van der Waals surface area contributed by atoms with Crippen LogP contribution in [0, 0.1) is 22.7 Å². The molecule has 0 aliphatic carbocycles. The summed E-state index contributed by atoms with van der Waals surface area (Å²) in [5.74, 6) is -0.403. The Balaban J connectivity index is 1.55. The third kappa shape index (κ3) is 6.46. The highest BCUT2D eigenvalue weighted by Gasteiger charge is 2.15. The Morgan fingerprint density at radius 3 is 2.28 bits per heavy atom. The van der Waals surface area contributed by atoms with Gasteiger partial charge in [-0.05, 0) is 47.5 Å². The predicted octanol–water partition coefficient (Wildman–Crippen LogP) is 4.71. The van der Waals surface area contributed by atoms with Gasteiger partial charge in [0.15, 0.2) is 6.61 Å². The second-order valence-electron chi connectivity index (χ2n) is 6.75. The van der Waals surface area contributed by atoms with Crippen LogP contribution in [0.1, 0.15) is 27.0 Å². The van der Waals surface area contributed by atoms with E-state index in [1.807, 2.05) is 24.3 Å². The van der Waals surface area contributed by atoms with Crippen molar-refractivity contribution in [3.8, 4) is 12.1 Å². The van der Waals surface area contributed by atoms with E-state index >= 15 is 0 Å². The van der Waals surface area contributed by atoms with Crippen LogP contribution in [0.2, 0.25) is 0 Å². The summed E-state index contributed by atoms with van der Waals surface area (Å²) in [5.41, 5.74) is 3.43. The Hall–Kier alpha value is -4.07. The maximum atomic E-state index is 12.6. The van der Waals surface area contributed by atoms with Gasteiger partial charge >= 0.3 is 5.97 Å². The third-order valence-corrected chi connectivity index (χ3v) is 5.58. The van der Waals surface area contributed by atoms with Crippen LogP contribution in [0.4, 0.5) is 5.69 Å². The first kappa shape index (κ1) is 22.6. The van der Waals surface area contributed by atoms with Gasteiger partial charge in [0.25, 0.3) is 5.91 Å². The van der Waals surface area contributed by atoms with E-state index in [9.17, 15) is 9.59 Å². The number of nitriles is 2. The summed E-state index contributed by atoms with van der Waals surface area (Å²) in [5, 5.41) is 20.3. The number of rotatable bonds is 8. The molecule has 3 aromatic rings. The molecule has 32 heavy (non-hydrogen) atoms. The third-order valence-electron chi connectivity index (χ3n) is 4.44. The summed E-state index contributed by atoms with van der Waals surface area (Å²) in [6.07, 6.45) is 0.300. The molecule has 0 atom stereocenters. The minimum atomic E-state index is -0.576. The normalized spacial score (nSPS) is 9.94. The summed E-state index contributed by atoms with van der Waals surface area (Å²) in [4.78, 5) is 25.4. The van der Waals surface area contributed by atoms with E-state index in [1.165, 1.54) is 11.8 Å². The molecule has 0 saturated carbocycles. The first-order chi connectivity index (χ1) is 15.6. The molecule has 1 N–H and O–H groups in total. The second-order valence-corrected chi connectivity index (χ2v) is 7.77. The highest BCUT2D eigenvalue weighted by molar-refractivity contribution is 7.98. The number of carbonyl (C=O) groups excluding carboxylic acids is 2. The Kier molecular flexibility index (Phi) is 8.02. The molecule has 158 valence electrons. The first-order valence-corrected chi connectivity index (χ1v) is 10.7. The largest absolute Gasteiger partial charge is 0.452 e. The Morgan fingerprint density at radius 2 is 1.59 bits per heavy atom. The van der Waals surface area contributed by atoms with Gasteiger partial charge in [0.2, 0.25) is 0 Å². The number of anilines is 1. The number of thioether (sulfide) groups is 1. The summed E-state index contributed by atoms with van der Waals surface area (Å²) >= 11 is 1.48. The standard InChI is InChI=1S/C25H19N3O3S/c26-14-13-18-9-11-21(12-10-18)28-24(29)16-31-25(30)22-3-1-2-4-23(22)32-17-20-7-5-19(15-27)6-8-20/h1-12H,13,16-17H2,(H,28,29). The molecule has 1 amide bonds. The van der Waals surface area contributed by atoms with Gasteiger partial charge in [-0.3, -0.25) is 4.79 Å². The number of nitrogens with one attached hydrogen (secondary N) is 1. The van der Waals surface area contributed by atoms with Crippen LogP contribution in [0.3, 0.4) is 0 Å². The summed E-state index contributed by atoms with van der Waals surface area (Å²) < 4.78 is 5.20. The fraction of sp³-hybridized carbons (Fsp3) is 0.120. The molecular weight excluding hydrogens is 422 g/mol. The molecule has 0 unspecified atom stereocenters. The fourth-order valence-corrected chi connectivity index (χ4v) is 3.80. The molecule has 6 nitrogen and oxygen atoms in total. The van der Waals surface area contributed by atoms with Crippen LogP contribution < -0.4 is 5.32 Å². The predicted molar refractivity (Wildman–Crippen MR) is 122 cm³/mol. The lowest BCUT2D eigenvalue weighted by atomic mass is 10.1.